The Hall–Kier alpha value is -2.28. The number of hydrogen-bond donors (Lipinski definition) is 3. The molecule has 2 aromatic rings. The summed E-state index contributed by atoms with van der Waals surface area (Å²) in [7, 11) is 0. The molecule has 16 heavy (non-hydrogen) atoms. The van der Waals surface area contributed by atoms with Gasteiger partial charge in [0.15, 0.2) is 5.65 Å². The quantitative estimate of drug-likeness (QED) is 0.625. The van der Waals surface area contributed by atoms with Crippen LogP contribution in [0, 0.1) is 0 Å². The number of nitrogens with zero attached hydrogens (tertiary/aromatic N) is 2. The fraction of sp³-hybridized carbons (Fsp3) is 0.111. The first-order valence-electron chi connectivity index (χ1n) is 4.45. The van der Waals surface area contributed by atoms with Crippen LogP contribution in [0.3, 0.4) is 0 Å². The van der Waals surface area contributed by atoms with Crippen LogP contribution in [0.15, 0.2) is 17.1 Å². The Morgan fingerprint density at radius 2 is 2.25 bits per heavy atom. The van der Waals surface area contributed by atoms with Gasteiger partial charge in [-0.2, -0.15) is 5.10 Å². The maximum atomic E-state index is 11.7. The minimum Gasteiger partial charge on any atom is -0.477 e. The highest BCUT2D eigenvalue weighted by atomic mass is 16.4. The third-order valence-corrected chi connectivity index (χ3v) is 2.13. The van der Waals surface area contributed by atoms with Crippen LogP contribution in [0.5, 0.6) is 0 Å². The van der Waals surface area contributed by atoms with Gasteiger partial charge in [0.25, 0.3) is 0 Å². The van der Waals surface area contributed by atoms with E-state index in [1.54, 1.807) is 0 Å². The topological polar surface area (TPSA) is 122 Å². The van der Waals surface area contributed by atoms with Gasteiger partial charge >= 0.3 is 5.97 Å². The molecule has 2 heterocycles. The highest BCUT2D eigenvalue weighted by Gasteiger charge is 2.12. The number of aromatic amines is 1. The van der Waals surface area contributed by atoms with E-state index in [1.165, 1.54) is 6.07 Å². The minimum absolute atomic E-state index is 0.139. The number of hydrogen-bond acceptors (Lipinski definition) is 5. The average Bonchev–Trinajstić information content (AvgIpc) is 2.28. The van der Waals surface area contributed by atoms with E-state index in [-0.39, 0.29) is 23.1 Å². The summed E-state index contributed by atoms with van der Waals surface area (Å²) in [4.78, 5) is 25.1. The molecule has 2 aromatic heterocycles. The molecule has 4 N–H and O–H groups in total. The number of aromatic carboxylic acids is 1. The van der Waals surface area contributed by atoms with Gasteiger partial charge in [0.2, 0.25) is 5.43 Å². The summed E-state index contributed by atoms with van der Waals surface area (Å²) in [6, 6.07) is 1.44. The molecule has 0 aliphatic heterocycles. The molecule has 0 unspecified atom stereocenters. The van der Waals surface area contributed by atoms with E-state index in [1.807, 2.05) is 0 Å². The third-order valence-electron chi connectivity index (χ3n) is 2.13. The maximum Gasteiger partial charge on any atom is 0.341 e. The first-order chi connectivity index (χ1) is 7.63. The molecule has 0 fully saturated rings. The fourth-order valence-corrected chi connectivity index (χ4v) is 1.32. The van der Waals surface area contributed by atoms with Crippen LogP contribution in [-0.2, 0) is 6.54 Å². The molecule has 0 radical (unpaired) electrons. The highest BCUT2D eigenvalue weighted by molar-refractivity contribution is 5.91. The Morgan fingerprint density at radius 3 is 2.88 bits per heavy atom. The van der Waals surface area contributed by atoms with Crippen LogP contribution in [0.2, 0.25) is 0 Å². The monoisotopic (exact) mass is 220 g/mol. The van der Waals surface area contributed by atoms with Crippen molar-refractivity contribution in [2.45, 2.75) is 6.54 Å². The summed E-state index contributed by atoms with van der Waals surface area (Å²) in [6.45, 7) is 0.139. The molecule has 0 amide bonds. The molecule has 82 valence electrons. The van der Waals surface area contributed by atoms with Gasteiger partial charge in [-0.15, -0.1) is 5.10 Å². The lowest BCUT2D eigenvalue weighted by molar-refractivity contribution is 0.0695. The van der Waals surface area contributed by atoms with Gasteiger partial charge in [0, 0.05) is 12.7 Å². The first-order valence-corrected chi connectivity index (χ1v) is 4.45. The van der Waals surface area contributed by atoms with Crippen molar-refractivity contribution in [3.63, 3.8) is 0 Å². The van der Waals surface area contributed by atoms with Crippen molar-refractivity contribution < 1.29 is 9.90 Å². The molecule has 7 heteroatoms. The molecule has 0 aromatic carbocycles. The van der Waals surface area contributed by atoms with Crippen LogP contribution in [0.25, 0.3) is 11.0 Å². The predicted molar refractivity (Wildman–Crippen MR) is 55.0 cm³/mol. The number of fused-ring (bicyclic) bond motifs is 1. The second-order valence-corrected chi connectivity index (χ2v) is 3.14. The second-order valence-electron chi connectivity index (χ2n) is 3.14. The number of nitrogens with two attached hydrogens (primary N) is 1. The first kappa shape index (κ1) is 10.2. The SMILES string of the molecule is NCc1cc2c(=O)c(C(=O)O)c[nH]c2nn1. The van der Waals surface area contributed by atoms with Gasteiger partial charge in [0.1, 0.15) is 5.56 Å². The number of H-pyrrole nitrogens is 1. The van der Waals surface area contributed by atoms with Crippen molar-refractivity contribution in [2.75, 3.05) is 0 Å². The molecule has 7 nitrogen and oxygen atoms in total. The number of carboxylic acid groups (broad SMARTS) is 1. The van der Waals surface area contributed by atoms with E-state index < -0.39 is 11.4 Å². The predicted octanol–water partition coefficient (Wildman–Crippen LogP) is -0.525. The van der Waals surface area contributed by atoms with Crippen molar-refractivity contribution in [1.29, 1.82) is 0 Å². The molecular formula is C9H8N4O3. The number of carboxylic acids is 1. The van der Waals surface area contributed by atoms with Gasteiger partial charge in [0.05, 0.1) is 11.1 Å². The minimum atomic E-state index is -1.28. The fourth-order valence-electron chi connectivity index (χ4n) is 1.32. The van der Waals surface area contributed by atoms with Gasteiger partial charge in [-0.25, -0.2) is 4.79 Å². The summed E-state index contributed by atoms with van der Waals surface area (Å²) in [5, 5.41) is 16.4. The number of rotatable bonds is 2. The van der Waals surface area contributed by atoms with E-state index in [2.05, 4.69) is 15.2 Å². The Labute approximate surface area is 88.9 Å². The lowest BCUT2D eigenvalue weighted by Gasteiger charge is -2.00. The van der Waals surface area contributed by atoms with E-state index in [0.717, 1.165) is 6.20 Å². The zero-order valence-electron chi connectivity index (χ0n) is 8.10. The lowest BCUT2D eigenvalue weighted by Crippen LogP contribution is -2.16. The molecule has 0 saturated heterocycles. The molecule has 0 atom stereocenters. The second kappa shape index (κ2) is 3.70. The normalized spacial score (nSPS) is 10.6. The standard InChI is InChI=1S/C9H8N4O3/c10-2-4-1-5-7(14)6(9(15)16)3-11-8(5)13-12-4/h1,3H,2,10H2,(H,15,16)(H,11,13,14). The van der Waals surface area contributed by atoms with Gasteiger partial charge < -0.3 is 15.8 Å². The Morgan fingerprint density at radius 1 is 1.50 bits per heavy atom. The Kier molecular flexibility index (Phi) is 2.37. The lowest BCUT2D eigenvalue weighted by atomic mass is 10.2. The Bertz CT molecular complexity index is 620. The van der Waals surface area contributed by atoms with Crippen LogP contribution in [-0.4, -0.2) is 26.3 Å². The summed E-state index contributed by atoms with van der Waals surface area (Å²) in [5.74, 6) is -1.28. The van der Waals surface area contributed by atoms with E-state index in [4.69, 9.17) is 10.8 Å². The van der Waals surface area contributed by atoms with Crippen LogP contribution < -0.4 is 11.2 Å². The van der Waals surface area contributed by atoms with Gasteiger partial charge in [-0.3, -0.25) is 4.79 Å². The van der Waals surface area contributed by atoms with Crippen LogP contribution in [0.1, 0.15) is 16.1 Å². The van der Waals surface area contributed by atoms with Gasteiger partial charge in [-0.05, 0) is 6.07 Å². The molecular weight excluding hydrogens is 212 g/mol. The van der Waals surface area contributed by atoms with Crippen molar-refractivity contribution in [3.8, 4) is 0 Å². The zero-order valence-corrected chi connectivity index (χ0v) is 8.10. The molecule has 0 aliphatic carbocycles. The molecule has 0 spiro atoms. The number of aromatic nitrogens is 3. The summed E-state index contributed by atoms with van der Waals surface area (Å²) >= 11 is 0. The number of nitrogens with one attached hydrogen (secondary N) is 1. The highest BCUT2D eigenvalue weighted by Crippen LogP contribution is 2.05. The average molecular weight is 220 g/mol. The van der Waals surface area contributed by atoms with Gasteiger partial charge in [-0.1, -0.05) is 0 Å². The van der Waals surface area contributed by atoms with Crippen LogP contribution >= 0.6 is 0 Å². The van der Waals surface area contributed by atoms with Crippen molar-refractivity contribution in [3.05, 3.63) is 33.7 Å². The summed E-state index contributed by atoms with van der Waals surface area (Å²) in [6.07, 6.45) is 1.10. The number of pyridine rings is 1. The van der Waals surface area contributed by atoms with Crippen molar-refractivity contribution in [1.82, 2.24) is 15.2 Å². The third kappa shape index (κ3) is 1.52. The van der Waals surface area contributed by atoms with E-state index in [0.29, 0.717) is 5.69 Å². The Balaban J connectivity index is 2.81. The summed E-state index contributed by atoms with van der Waals surface area (Å²) in [5.41, 5.74) is 5.11. The number of carbonyl (C=O) groups is 1. The van der Waals surface area contributed by atoms with E-state index in [9.17, 15) is 9.59 Å². The van der Waals surface area contributed by atoms with E-state index >= 15 is 0 Å². The maximum absolute atomic E-state index is 11.7. The largest absolute Gasteiger partial charge is 0.477 e. The summed E-state index contributed by atoms with van der Waals surface area (Å²) < 4.78 is 0. The molecule has 0 bridgehead atoms. The van der Waals surface area contributed by atoms with Crippen molar-refractivity contribution >= 4 is 17.0 Å². The zero-order chi connectivity index (χ0) is 11.7. The smallest absolute Gasteiger partial charge is 0.341 e. The molecule has 2 rings (SSSR count). The molecule has 0 aliphatic rings. The van der Waals surface area contributed by atoms with Crippen molar-refractivity contribution in [2.24, 2.45) is 5.73 Å². The molecule has 0 saturated carbocycles. The van der Waals surface area contributed by atoms with Crippen LogP contribution in [0.4, 0.5) is 0 Å².